The van der Waals surface area contributed by atoms with Gasteiger partial charge >= 0.3 is 0 Å². The van der Waals surface area contributed by atoms with Gasteiger partial charge in [-0.25, -0.2) is 0 Å². The lowest BCUT2D eigenvalue weighted by Gasteiger charge is -2.32. The predicted molar refractivity (Wildman–Crippen MR) is 260 cm³/mol. The molecule has 62 heavy (non-hydrogen) atoms. The van der Waals surface area contributed by atoms with Crippen molar-refractivity contribution in [1.29, 1.82) is 0 Å². The van der Waals surface area contributed by atoms with E-state index in [0.29, 0.717) is 0 Å². The summed E-state index contributed by atoms with van der Waals surface area (Å²) in [7, 11) is 0. The monoisotopic (exact) mass is 795 g/mol. The number of nitrogens with zero attached hydrogens (tertiary/aromatic N) is 1. The maximum atomic E-state index is 6.74. The van der Waals surface area contributed by atoms with Crippen LogP contribution in [0.4, 0.5) is 17.1 Å². The maximum absolute atomic E-state index is 6.74. The molecular weight excluding hydrogens is 751 g/mol. The summed E-state index contributed by atoms with van der Waals surface area (Å²) in [5, 5.41) is 2.24. The van der Waals surface area contributed by atoms with Crippen molar-refractivity contribution in [3.8, 4) is 55.6 Å². The molecule has 2 aliphatic rings. The number of furan rings is 1. The van der Waals surface area contributed by atoms with E-state index in [1.54, 1.807) is 0 Å². The fourth-order valence-corrected chi connectivity index (χ4v) is 10.9. The third-order valence-corrected chi connectivity index (χ3v) is 13.9. The minimum atomic E-state index is -0.123. The molecule has 0 aliphatic heterocycles. The first-order valence-corrected chi connectivity index (χ1v) is 21.8. The van der Waals surface area contributed by atoms with Crippen molar-refractivity contribution in [3.05, 3.63) is 222 Å². The van der Waals surface area contributed by atoms with Crippen molar-refractivity contribution in [2.45, 2.75) is 38.5 Å². The second kappa shape index (κ2) is 13.5. The number of benzene rings is 9. The first kappa shape index (κ1) is 36.4. The molecule has 2 aliphatic carbocycles. The molecule has 9 aromatic carbocycles. The van der Waals surface area contributed by atoms with Crippen LogP contribution in [0.1, 0.15) is 49.9 Å². The quantitative estimate of drug-likeness (QED) is 0.167. The summed E-state index contributed by atoms with van der Waals surface area (Å²) in [5.74, 6) is 0. The largest absolute Gasteiger partial charge is 0.455 e. The molecule has 1 aromatic heterocycles. The van der Waals surface area contributed by atoms with Gasteiger partial charge in [-0.1, -0.05) is 198 Å². The van der Waals surface area contributed by atoms with Crippen LogP contribution in [0.5, 0.6) is 0 Å². The summed E-state index contributed by atoms with van der Waals surface area (Å²) >= 11 is 0. The molecule has 0 spiro atoms. The highest BCUT2D eigenvalue weighted by molar-refractivity contribution is 6.11. The van der Waals surface area contributed by atoms with Crippen LogP contribution in [0.25, 0.3) is 77.6 Å². The first-order valence-electron chi connectivity index (χ1n) is 21.8. The van der Waals surface area contributed by atoms with Gasteiger partial charge in [-0.3, -0.25) is 0 Å². The molecule has 0 bridgehead atoms. The molecule has 296 valence electrons. The topological polar surface area (TPSA) is 16.4 Å². The zero-order valence-corrected chi connectivity index (χ0v) is 35.4. The van der Waals surface area contributed by atoms with Crippen LogP contribution in [0.3, 0.4) is 0 Å². The van der Waals surface area contributed by atoms with Crippen molar-refractivity contribution in [3.63, 3.8) is 0 Å². The predicted octanol–water partition coefficient (Wildman–Crippen LogP) is 16.7. The molecule has 0 saturated heterocycles. The molecule has 0 fully saturated rings. The van der Waals surface area contributed by atoms with Crippen LogP contribution in [0.2, 0.25) is 0 Å². The third kappa shape index (κ3) is 5.23. The Hall–Kier alpha value is -7.42. The van der Waals surface area contributed by atoms with E-state index in [1.165, 1.54) is 61.2 Å². The summed E-state index contributed by atoms with van der Waals surface area (Å²) in [6, 6.07) is 73.6. The van der Waals surface area contributed by atoms with Crippen LogP contribution in [0.15, 0.2) is 205 Å². The molecule has 0 N–H and O–H groups in total. The number of anilines is 3. The lowest BCUT2D eigenvalue weighted by atomic mass is 9.82. The van der Waals surface area contributed by atoms with Crippen LogP contribution < -0.4 is 4.90 Å². The lowest BCUT2D eigenvalue weighted by Crippen LogP contribution is -2.15. The van der Waals surface area contributed by atoms with Gasteiger partial charge < -0.3 is 9.32 Å². The Balaban J connectivity index is 1.14. The smallest absolute Gasteiger partial charge is 0.143 e. The zero-order valence-electron chi connectivity index (χ0n) is 35.4. The molecule has 0 saturated carbocycles. The maximum Gasteiger partial charge on any atom is 0.143 e. The van der Waals surface area contributed by atoms with Crippen molar-refractivity contribution in [2.24, 2.45) is 0 Å². The lowest BCUT2D eigenvalue weighted by molar-refractivity contribution is 0.660. The van der Waals surface area contributed by atoms with Gasteiger partial charge in [-0.2, -0.15) is 0 Å². The molecule has 2 heteroatoms. The van der Waals surface area contributed by atoms with Crippen LogP contribution in [-0.2, 0) is 10.8 Å². The van der Waals surface area contributed by atoms with Gasteiger partial charge in [0.15, 0.2) is 0 Å². The molecule has 10 aromatic rings. The summed E-state index contributed by atoms with van der Waals surface area (Å²) in [6.07, 6.45) is 0. The minimum absolute atomic E-state index is 0.0747. The van der Waals surface area contributed by atoms with Crippen molar-refractivity contribution < 1.29 is 4.42 Å². The summed E-state index contributed by atoms with van der Waals surface area (Å²) in [6.45, 7) is 9.43. The molecule has 0 amide bonds. The van der Waals surface area contributed by atoms with Crippen LogP contribution in [0, 0.1) is 0 Å². The van der Waals surface area contributed by atoms with Gasteiger partial charge in [0.05, 0.1) is 17.1 Å². The number of rotatable bonds is 6. The zero-order chi connectivity index (χ0) is 41.7. The van der Waals surface area contributed by atoms with Gasteiger partial charge in [0.1, 0.15) is 11.2 Å². The molecule has 1 heterocycles. The minimum Gasteiger partial charge on any atom is -0.455 e. The summed E-state index contributed by atoms with van der Waals surface area (Å²) < 4.78 is 6.74. The summed E-state index contributed by atoms with van der Waals surface area (Å²) in [5.41, 5.74) is 22.5. The first-order chi connectivity index (χ1) is 30.3. The van der Waals surface area contributed by atoms with E-state index >= 15 is 0 Å². The normalized spacial score (nSPS) is 14.1. The molecule has 0 radical (unpaired) electrons. The van der Waals surface area contributed by atoms with E-state index in [9.17, 15) is 0 Å². The number of hydrogen-bond donors (Lipinski definition) is 0. The SMILES string of the molecule is CC1(C)c2ccccc2-c2cc(-c3ccccc3N(c3ccccc3-c3cccc4c3-c3ccccc3C4(C)C)c3ccccc3-c3cccc4c3oc3ccccc34)ccc21. The Morgan fingerprint density at radius 2 is 0.806 bits per heavy atom. The van der Waals surface area contributed by atoms with E-state index in [4.69, 9.17) is 4.42 Å². The van der Waals surface area contributed by atoms with Crippen LogP contribution in [-0.4, -0.2) is 0 Å². The molecule has 0 unspecified atom stereocenters. The Morgan fingerprint density at radius 1 is 0.339 bits per heavy atom. The van der Waals surface area contributed by atoms with E-state index in [2.05, 4.69) is 227 Å². The molecule has 12 rings (SSSR count). The van der Waals surface area contributed by atoms with Gasteiger partial charge in [0.2, 0.25) is 0 Å². The van der Waals surface area contributed by atoms with Gasteiger partial charge in [-0.15, -0.1) is 0 Å². The molecule has 2 nitrogen and oxygen atoms in total. The van der Waals surface area contributed by atoms with Gasteiger partial charge in [0.25, 0.3) is 0 Å². The van der Waals surface area contributed by atoms with Gasteiger partial charge in [0, 0.05) is 43.9 Å². The Labute approximate surface area is 363 Å². The molecular formula is C60H45NO. The van der Waals surface area contributed by atoms with E-state index in [-0.39, 0.29) is 10.8 Å². The van der Waals surface area contributed by atoms with Crippen molar-refractivity contribution in [1.82, 2.24) is 0 Å². The van der Waals surface area contributed by atoms with Crippen molar-refractivity contribution in [2.75, 3.05) is 4.90 Å². The van der Waals surface area contributed by atoms with E-state index in [1.807, 2.05) is 6.07 Å². The fraction of sp³-hybridized carbons (Fsp3) is 0.100. The number of fused-ring (bicyclic) bond motifs is 9. The summed E-state index contributed by atoms with van der Waals surface area (Å²) in [4.78, 5) is 2.51. The second-order valence-corrected chi connectivity index (χ2v) is 18.0. The third-order valence-electron chi connectivity index (χ3n) is 13.9. The van der Waals surface area contributed by atoms with E-state index in [0.717, 1.165) is 55.7 Å². The number of hydrogen-bond acceptors (Lipinski definition) is 2. The average molecular weight is 796 g/mol. The van der Waals surface area contributed by atoms with E-state index < -0.39 is 0 Å². The fourth-order valence-electron chi connectivity index (χ4n) is 10.9. The van der Waals surface area contributed by atoms with Gasteiger partial charge in [-0.05, 0) is 86.0 Å². The Morgan fingerprint density at radius 3 is 1.55 bits per heavy atom. The standard InChI is InChI=1S/C60H45NO/c1-59(2)49-28-11-5-20-40(49)48-37-38(35-36-51(48)59)39-19-7-13-31-53(39)61(55-33-15-9-22-42(55)45-26-17-27-46-43-23-10-16-34-56(43)62-58(45)46)54-32-14-8-21-41(54)44-25-18-30-52-57(44)47-24-6-12-29-50(47)60(52,3)4/h5-37H,1-4H3. The highest BCUT2D eigenvalue weighted by Crippen LogP contribution is 2.56. The number of para-hydroxylation sites is 5. The highest BCUT2D eigenvalue weighted by Gasteiger charge is 2.38. The van der Waals surface area contributed by atoms with Crippen LogP contribution >= 0.6 is 0 Å². The molecule has 0 atom stereocenters. The Kier molecular flexibility index (Phi) is 7.96. The Bertz CT molecular complexity index is 3430. The second-order valence-electron chi connectivity index (χ2n) is 18.0. The highest BCUT2D eigenvalue weighted by atomic mass is 16.3. The average Bonchev–Trinajstić information content (AvgIpc) is 3.89. The van der Waals surface area contributed by atoms with Crippen molar-refractivity contribution >= 4 is 39.0 Å².